The van der Waals surface area contributed by atoms with E-state index < -0.39 is 5.97 Å². The van der Waals surface area contributed by atoms with Gasteiger partial charge in [-0.05, 0) is 54.9 Å². The van der Waals surface area contributed by atoms with Crippen molar-refractivity contribution in [1.82, 2.24) is 0 Å². The van der Waals surface area contributed by atoms with Crippen molar-refractivity contribution in [2.45, 2.75) is 45.4 Å². The number of carboxylic acids is 1. The van der Waals surface area contributed by atoms with E-state index in [0.717, 1.165) is 50.2 Å². The van der Waals surface area contributed by atoms with Gasteiger partial charge in [0.25, 0.3) is 0 Å². The quantitative estimate of drug-likeness (QED) is 0.885. The van der Waals surface area contributed by atoms with Crippen LogP contribution in [0.5, 0.6) is 0 Å². The van der Waals surface area contributed by atoms with Crippen LogP contribution < -0.4 is 5.43 Å². The summed E-state index contributed by atoms with van der Waals surface area (Å²) in [7, 11) is 0. The SMILES string of the molecule is CCCc1c2c(cc3c(=O)cc(C(=O)O)oc13)CCCC2.[Na]. The van der Waals surface area contributed by atoms with Crippen molar-refractivity contribution in [3.05, 3.63) is 44.8 Å². The number of carbonyl (C=O) groups is 1. The van der Waals surface area contributed by atoms with Crippen LogP contribution in [0, 0.1) is 0 Å². The summed E-state index contributed by atoms with van der Waals surface area (Å²) in [5.74, 6) is -1.48. The second-order valence-corrected chi connectivity index (χ2v) is 5.61. The summed E-state index contributed by atoms with van der Waals surface area (Å²) < 4.78 is 5.55. The summed E-state index contributed by atoms with van der Waals surface area (Å²) >= 11 is 0. The molecule has 3 rings (SSSR count). The predicted octanol–water partition coefficient (Wildman–Crippen LogP) is 2.94. The molecule has 1 radical (unpaired) electrons. The zero-order chi connectivity index (χ0) is 15.0. The Kier molecular flexibility index (Phi) is 5.48. The number of rotatable bonds is 3. The molecule has 0 unspecified atom stereocenters. The summed E-state index contributed by atoms with van der Waals surface area (Å²) in [6.07, 6.45) is 6.00. The van der Waals surface area contributed by atoms with Crippen LogP contribution in [0.3, 0.4) is 0 Å². The van der Waals surface area contributed by atoms with Crippen LogP contribution >= 0.6 is 0 Å². The minimum Gasteiger partial charge on any atom is -0.475 e. The molecule has 0 saturated carbocycles. The zero-order valence-electron chi connectivity index (χ0n) is 13.1. The molecule has 0 atom stereocenters. The van der Waals surface area contributed by atoms with Gasteiger partial charge in [-0.1, -0.05) is 13.3 Å². The Bertz CT molecular complexity index is 776. The summed E-state index contributed by atoms with van der Waals surface area (Å²) in [6, 6.07) is 2.98. The molecule has 5 heteroatoms. The Labute approximate surface area is 150 Å². The largest absolute Gasteiger partial charge is 0.475 e. The molecule has 2 aromatic rings. The van der Waals surface area contributed by atoms with E-state index in [4.69, 9.17) is 9.52 Å². The Balaban J connectivity index is 0.00000176. The van der Waals surface area contributed by atoms with Crippen LogP contribution in [-0.2, 0) is 19.3 Å². The van der Waals surface area contributed by atoms with Gasteiger partial charge in [0.15, 0.2) is 5.43 Å². The summed E-state index contributed by atoms with van der Waals surface area (Å²) in [5.41, 5.74) is 3.74. The molecule has 1 N–H and O–H groups in total. The third-order valence-electron chi connectivity index (χ3n) is 4.16. The summed E-state index contributed by atoms with van der Waals surface area (Å²) in [5, 5.41) is 9.61. The Morgan fingerprint density at radius 3 is 2.68 bits per heavy atom. The van der Waals surface area contributed by atoms with Crippen LogP contribution in [0.4, 0.5) is 0 Å². The van der Waals surface area contributed by atoms with E-state index >= 15 is 0 Å². The average Bonchev–Trinajstić information content (AvgIpc) is 2.47. The first-order chi connectivity index (χ1) is 10.1. The standard InChI is InChI=1S/C17H18O4.Na/c1-2-5-12-11-7-4-3-6-10(11)8-13-14(18)9-15(17(19)20)21-16(12)13;/h8-9H,2-7H2,1H3,(H,19,20);. The maximum absolute atomic E-state index is 12.2. The fourth-order valence-corrected chi connectivity index (χ4v) is 3.23. The van der Waals surface area contributed by atoms with E-state index in [-0.39, 0.29) is 40.7 Å². The van der Waals surface area contributed by atoms with Crippen molar-refractivity contribution in [3.63, 3.8) is 0 Å². The molecule has 0 bridgehead atoms. The van der Waals surface area contributed by atoms with Crippen molar-refractivity contribution in [2.75, 3.05) is 0 Å². The van der Waals surface area contributed by atoms with E-state index in [9.17, 15) is 9.59 Å². The third kappa shape index (κ3) is 3.00. The third-order valence-corrected chi connectivity index (χ3v) is 4.16. The molecule has 1 aromatic carbocycles. The van der Waals surface area contributed by atoms with Crippen LogP contribution in [0.25, 0.3) is 11.0 Å². The first kappa shape index (κ1) is 17.3. The Hall–Kier alpha value is -1.10. The zero-order valence-corrected chi connectivity index (χ0v) is 15.1. The monoisotopic (exact) mass is 309 g/mol. The van der Waals surface area contributed by atoms with E-state index in [0.29, 0.717) is 11.0 Å². The van der Waals surface area contributed by atoms with E-state index in [2.05, 4.69) is 6.92 Å². The molecule has 0 aliphatic heterocycles. The van der Waals surface area contributed by atoms with Crippen molar-refractivity contribution in [2.24, 2.45) is 0 Å². The molecule has 1 heterocycles. The van der Waals surface area contributed by atoms with E-state index in [1.54, 1.807) is 0 Å². The molecular weight excluding hydrogens is 291 g/mol. The number of hydrogen-bond acceptors (Lipinski definition) is 3. The van der Waals surface area contributed by atoms with Crippen LogP contribution in [-0.4, -0.2) is 40.6 Å². The van der Waals surface area contributed by atoms with Gasteiger partial charge in [0.2, 0.25) is 5.76 Å². The van der Waals surface area contributed by atoms with Crippen molar-refractivity contribution < 1.29 is 14.3 Å². The molecule has 1 aliphatic rings. The number of benzene rings is 1. The van der Waals surface area contributed by atoms with Crippen LogP contribution in [0.2, 0.25) is 0 Å². The topological polar surface area (TPSA) is 67.5 Å². The number of aromatic carboxylic acids is 1. The molecule has 4 nitrogen and oxygen atoms in total. The molecule has 1 aliphatic carbocycles. The number of aryl methyl sites for hydroxylation is 2. The van der Waals surface area contributed by atoms with Crippen molar-refractivity contribution >= 4 is 46.5 Å². The van der Waals surface area contributed by atoms with Gasteiger partial charge in [-0.2, -0.15) is 0 Å². The van der Waals surface area contributed by atoms with Gasteiger partial charge < -0.3 is 9.52 Å². The maximum Gasteiger partial charge on any atom is 0.371 e. The Morgan fingerprint density at radius 1 is 1.27 bits per heavy atom. The average molecular weight is 309 g/mol. The van der Waals surface area contributed by atoms with Crippen LogP contribution in [0.1, 0.15) is 53.4 Å². The molecule has 0 amide bonds. The van der Waals surface area contributed by atoms with Crippen molar-refractivity contribution in [3.8, 4) is 0 Å². The maximum atomic E-state index is 12.2. The number of carboxylic acid groups (broad SMARTS) is 1. The first-order valence-corrected chi connectivity index (χ1v) is 7.46. The second-order valence-electron chi connectivity index (χ2n) is 5.61. The van der Waals surface area contributed by atoms with Gasteiger partial charge >= 0.3 is 5.97 Å². The van der Waals surface area contributed by atoms with Gasteiger partial charge in [-0.15, -0.1) is 0 Å². The molecule has 0 spiro atoms. The van der Waals surface area contributed by atoms with E-state index in [1.807, 2.05) is 6.07 Å². The number of hydrogen-bond donors (Lipinski definition) is 1. The molecule has 0 fully saturated rings. The van der Waals surface area contributed by atoms with Gasteiger partial charge in [-0.25, -0.2) is 4.79 Å². The minimum absolute atomic E-state index is 0. The van der Waals surface area contributed by atoms with Gasteiger partial charge in [0, 0.05) is 35.6 Å². The molecule has 22 heavy (non-hydrogen) atoms. The smallest absolute Gasteiger partial charge is 0.371 e. The molecule has 0 saturated heterocycles. The van der Waals surface area contributed by atoms with Crippen molar-refractivity contribution in [1.29, 1.82) is 0 Å². The fraction of sp³-hybridized carbons (Fsp3) is 0.412. The van der Waals surface area contributed by atoms with E-state index in [1.165, 1.54) is 11.1 Å². The fourth-order valence-electron chi connectivity index (χ4n) is 3.23. The Morgan fingerprint density at radius 2 is 2.00 bits per heavy atom. The second kappa shape index (κ2) is 6.99. The summed E-state index contributed by atoms with van der Waals surface area (Å²) in [4.78, 5) is 23.3. The van der Waals surface area contributed by atoms with Gasteiger partial charge in [0.1, 0.15) is 5.58 Å². The predicted molar refractivity (Wildman–Crippen MR) is 85.8 cm³/mol. The molecule has 1 aromatic heterocycles. The molecule has 111 valence electrons. The van der Waals surface area contributed by atoms with Gasteiger partial charge in [0.05, 0.1) is 5.39 Å². The number of fused-ring (bicyclic) bond motifs is 2. The van der Waals surface area contributed by atoms with Crippen LogP contribution in [0.15, 0.2) is 21.3 Å². The normalized spacial score (nSPS) is 13.5. The molecular formula is C17H18NaO4. The summed E-state index contributed by atoms with van der Waals surface area (Å²) in [6.45, 7) is 2.08. The minimum atomic E-state index is -1.20. The first-order valence-electron chi connectivity index (χ1n) is 7.46. The van der Waals surface area contributed by atoms with Gasteiger partial charge in [-0.3, -0.25) is 4.79 Å².